The van der Waals surface area contributed by atoms with Crippen molar-refractivity contribution in [2.75, 3.05) is 0 Å². The molecule has 0 saturated heterocycles. The zero-order chi connectivity index (χ0) is 17.9. The van der Waals surface area contributed by atoms with Gasteiger partial charge in [0.2, 0.25) is 5.91 Å². The maximum Gasteiger partial charge on any atom is 0.224 e. The molecule has 1 saturated carbocycles. The lowest BCUT2D eigenvalue weighted by Gasteiger charge is -2.09. The second kappa shape index (κ2) is 7.16. The number of hydrogen-bond donors (Lipinski definition) is 1. The van der Waals surface area contributed by atoms with Gasteiger partial charge in [-0.3, -0.25) is 4.79 Å². The first-order chi connectivity index (χ1) is 12.7. The van der Waals surface area contributed by atoms with Crippen LogP contribution in [0.3, 0.4) is 0 Å². The van der Waals surface area contributed by atoms with Crippen molar-refractivity contribution in [1.29, 1.82) is 0 Å². The van der Waals surface area contributed by atoms with E-state index in [1.807, 2.05) is 29.2 Å². The van der Waals surface area contributed by atoms with Gasteiger partial charge < -0.3 is 9.88 Å². The Labute approximate surface area is 153 Å². The number of carbonyl (C=O) groups excluding carboxylic acids is 1. The third-order valence-corrected chi connectivity index (χ3v) is 5.10. The number of aryl methyl sites for hydroxylation is 1. The minimum atomic E-state index is 0.116. The SMILES string of the molecule is Cc1ccccc1[C@H]1C[C@H]1C(=O)NCc1cccc(Cn2ccnc2)c1. The van der Waals surface area contributed by atoms with Crippen molar-refractivity contribution in [2.45, 2.75) is 32.4 Å². The van der Waals surface area contributed by atoms with Crippen LogP contribution in [-0.2, 0) is 17.9 Å². The van der Waals surface area contributed by atoms with E-state index in [1.165, 1.54) is 16.7 Å². The van der Waals surface area contributed by atoms with Gasteiger partial charge in [0.15, 0.2) is 0 Å². The number of imidazole rings is 1. The van der Waals surface area contributed by atoms with Crippen molar-refractivity contribution in [2.24, 2.45) is 5.92 Å². The Hall–Kier alpha value is -2.88. The van der Waals surface area contributed by atoms with E-state index >= 15 is 0 Å². The molecule has 4 nitrogen and oxygen atoms in total. The van der Waals surface area contributed by atoms with Gasteiger partial charge in [0.1, 0.15) is 0 Å². The zero-order valence-electron chi connectivity index (χ0n) is 14.9. The minimum absolute atomic E-state index is 0.116. The average molecular weight is 345 g/mol. The van der Waals surface area contributed by atoms with Crippen molar-refractivity contribution in [1.82, 2.24) is 14.9 Å². The summed E-state index contributed by atoms with van der Waals surface area (Å²) in [5.74, 6) is 0.660. The predicted molar refractivity (Wildman–Crippen MR) is 102 cm³/mol. The normalized spacial score (nSPS) is 18.5. The van der Waals surface area contributed by atoms with Gasteiger partial charge in [-0.1, -0.05) is 48.5 Å². The van der Waals surface area contributed by atoms with E-state index in [-0.39, 0.29) is 11.8 Å². The number of nitrogens with one attached hydrogen (secondary N) is 1. The molecule has 0 bridgehead atoms. The van der Waals surface area contributed by atoms with E-state index in [1.54, 1.807) is 6.20 Å². The van der Waals surface area contributed by atoms with Gasteiger partial charge in [0.25, 0.3) is 0 Å². The first-order valence-electron chi connectivity index (χ1n) is 9.07. The molecular formula is C22H23N3O. The summed E-state index contributed by atoms with van der Waals surface area (Å²) >= 11 is 0. The molecule has 1 aromatic heterocycles. The highest BCUT2D eigenvalue weighted by atomic mass is 16.2. The van der Waals surface area contributed by atoms with Crippen molar-refractivity contribution in [3.05, 3.63) is 89.5 Å². The van der Waals surface area contributed by atoms with E-state index in [0.717, 1.165) is 18.5 Å². The van der Waals surface area contributed by atoms with Crippen LogP contribution in [0.2, 0.25) is 0 Å². The molecule has 132 valence electrons. The number of rotatable bonds is 6. The molecule has 4 heteroatoms. The molecular weight excluding hydrogens is 322 g/mol. The lowest BCUT2D eigenvalue weighted by atomic mass is 10.0. The van der Waals surface area contributed by atoms with Crippen LogP contribution in [0.5, 0.6) is 0 Å². The quantitative estimate of drug-likeness (QED) is 0.741. The molecule has 2 atom stereocenters. The van der Waals surface area contributed by atoms with Crippen LogP contribution >= 0.6 is 0 Å². The monoisotopic (exact) mass is 345 g/mol. The molecule has 1 aliphatic carbocycles. The van der Waals surface area contributed by atoms with Crippen LogP contribution in [0, 0.1) is 12.8 Å². The van der Waals surface area contributed by atoms with E-state index < -0.39 is 0 Å². The Morgan fingerprint density at radius 2 is 2.04 bits per heavy atom. The van der Waals surface area contributed by atoms with Crippen LogP contribution < -0.4 is 5.32 Å². The van der Waals surface area contributed by atoms with E-state index in [2.05, 4.69) is 53.6 Å². The first-order valence-corrected chi connectivity index (χ1v) is 9.07. The molecule has 1 aliphatic rings. The molecule has 1 N–H and O–H groups in total. The van der Waals surface area contributed by atoms with Crippen molar-refractivity contribution in [3.8, 4) is 0 Å². The van der Waals surface area contributed by atoms with Crippen LogP contribution in [-0.4, -0.2) is 15.5 Å². The lowest BCUT2D eigenvalue weighted by Crippen LogP contribution is -2.25. The average Bonchev–Trinajstić information content (AvgIpc) is 3.28. The van der Waals surface area contributed by atoms with E-state index in [4.69, 9.17) is 0 Å². The van der Waals surface area contributed by atoms with Gasteiger partial charge >= 0.3 is 0 Å². The molecule has 1 amide bonds. The van der Waals surface area contributed by atoms with E-state index in [9.17, 15) is 4.79 Å². The van der Waals surface area contributed by atoms with Gasteiger partial charge in [0, 0.05) is 31.4 Å². The summed E-state index contributed by atoms with van der Waals surface area (Å²) < 4.78 is 2.04. The second-order valence-electron chi connectivity index (χ2n) is 7.08. The summed E-state index contributed by atoms with van der Waals surface area (Å²) in [5.41, 5.74) is 4.93. The summed E-state index contributed by atoms with van der Waals surface area (Å²) in [4.78, 5) is 16.6. The molecule has 1 heterocycles. The Morgan fingerprint density at radius 3 is 2.85 bits per heavy atom. The second-order valence-corrected chi connectivity index (χ2v) is 7.08. The Bertz CT molecular complexity index is 901. The van der Waals surface area contributed by atoms with Crippen LogP contribution in [0.25, 0.3) is 0 Å². The fourth-order valence-electron chi connectivity index (χ4n) is 3.58. The number of aromatic nitrogens is 2. The minimum Gasteiger partial charge on any atom is -0.352 e. The number of benzene rings is 2. The summed E-state index contributed by atoms with van der Waals surface area (Å²) in [6.45, 7) is 3.49. The van der Waals surface area contributed by atoms with Gasteiger partial charge in [0.05, 0.1) is 6.33 Å². The van der Waals surface area contributed by atoms with Crippen molar-refractivity contribution < 1.29 is 4.79 Å². The van der Waals surface area contributed by atoms with Gasteiger partial charge in [-0.2, -0.15) is 0 Å². The summed E-state index contributed by atoms with van der Waals surface area (Å²) in [7, 11) is 0. The molecule has 0 unspecified atom stereocenters. The van der Waals surface area contributed by atoms with E-state index in [0.29, 0.717) is 12.5 Å². The maximum absolute atomic E-state index is 12.5. The molecule has 1 fully saturated rings. The highest BCUT2D eigenvalue weighted by molar-refractivity contribution is 5.83. The highest BCUT2D eigenvalue weighted by Gasteiger charge is 2.44. The van der Waals surface area contributed by atoms with Gasteiger partial charge in [-0.05, 0) is 41.5 Å². The topological polar surface area (TPSA) is 46.9 Å². The smallest absolute Gasteiger partial charge is 0.224 e. The van der Waals surface area contributed by atoms with Crippen LogP contribution in [0.4, 0.5) is 0 Å². The Morgan fingerprint density at radius 1 is 1.19 bits per heavy atom. The molecule has 0 spiro atoms. The number of amides is 1. The highest BCUT2D eigenvalue weighted by Crippen LogP contribution is 2.48. The molecule has 4 rings (SSSR count). The van der Waals surface area contributed by atoms with Crippen LogP contribution in [0.15, 0.2) is 67.3 Å². The lowest BCUT2D eigenvalue weighted by molar-refractivity contribution is -0.122. The predicted octanol–water partition coefficient (Wildman–Crippen LogP) is 3.66. The largest absolute Gasteiger partial charge is 0.352 e. The maximum atomic E-state index is 12.5. The Balaban J connectivity index is 1.33. The molecule has 2 aromatic carbocycles. The molecule has 0 radical (unpaired) electrons. The molecule has 3 aromatic rings. The van der Waals surface area contributed by atoms with Gasteiger partial charge in [-0.25, -0.2) is 4.98 Å². The summed E-state index contributed by atoms with van der Waals surface area (Å²) in [6, 6.07) is 16.7. The number of carbonyl (C=O) groups is 1. The number of hydrogen-bond acceptors (Lipinski definition) is 2. The number of nitrogens with zero attached hydrogens (tertiary/aromatic N) is 2. The third-order valence-electron chi connectivity index (χ3n) is 5.10. The standard InChI is InChI=1S/C22H23N3O/c1-16-5-2-3-8-19(16)20-12-21(20)22(26)24-13-17-6-4-7-18(11-17)14-25-10-9-23-15-25/h2-11,15,20-21H,12-14H2,1H3,(H,24,26)/t20-,21-/m1/s1. The Kier molecular flexibility index (Phi) is 4.57. The molecule has 0 aliphatic heterocycles. The third kappa shape index (κ3) is 3.69. The fourth-order valence-corrected chi connectivity index (χ4v) is 3.58. The van der Waals surface area contributed by atoms with Crippen molar-refractivity contribution >= 4 is 5.91 Å². The van der Waals surface area contributed by atoms with Gasteiger partial charge in [-0.15, -0.1) is 0 Å². The fraction of sp³-hybridized carbons (Fsp3) is 0.273. The van der Waals surface area contributed by atoms with Crippen LogP contribution in [0.1, 0.15) is 34.6 Å². The summed E-state index contributed by atoms with van der Waals surface area (Å²) in [5, 5.41) is 3.11. The zero-order valence-corrected chi connectivity index (χ0v) is 14.9. The first kappa shape index (κ1) is 16.6. The molecule has 26 heavy (non-hydrogen) atoms. The summed E-state index contributed by atoms with van der Waals surface area (Å²) in [6.07, 6.45) is 6.50. The van der Waals surface area contributed by atoms with Crippen molar-refractivity contribution in [3.63, 3.8) is 0 Å².